The van der Waals surface area contributed by atoms with E-state index in [-0.39, 0.29) is 11.3 Å². The Morgan fingerprint density at radius 3 is 2.75 bits per heavy atom. The number of carbonyl (C=O) groups excluding carboxylic acids is 1. The zero-order valence-corrected chi connectivity index (χ0v) is 11.5. The van der Waals surface area contributed by atoms with Gasteiger partial charge >= 0.3 is 0 Å². The Kier molecular flexibility index (Phi) is 4.01. The van der Waals surface area contributed by atoms with E-state index in [0.717, 1.165) is 24.6 Å². The lowest BCUT2D eigenvalue weighted by atomic mass is 9.95. The molecule has 1 heterocycles. The number of nitro groups is 1. The molecule has 0 N–H and O–H groups in total. The van der Waals surface area contributed by atoms with Crippen LogP contribution in [0, 0.1) is 27.8 Å². The first kappa shape index (κ1) is 14.4. The Labute approximate surface area is 116 Å². The third-order valence-electron chi connectivity index (χ3n) is 3.85. The molecule has 1 aliphatic heterocycles. The van der Waals surface area contributed by atoms with Crippen LogP contribution in [0.25, 0.3) is 0 Å². The molecule has 0 aromatic heterocycles. The summed E-state index contributed by atoms with van der Waals surface area (Å²) in [5.41, 5.74) is -0.488. The van der Waals surface area contributed by atoms with Crippen LogP contribution in [0.4, 0.5) is 10.1 Å². The Morgan fingerprint density at radius 1 is 1.50 bits per heavy atom. The zero-order valence-electron chi connectivity index (χ0n) is 11.5. The predicted molar refractivity (Wildman–Crippen MR) is 71.9 cm³/mol. The highest BCUT2D eigenvalue weighted by Gasteiger charge is 2.30. The molecule has 0 bridgehead atoms. The molecular formula is C14H17FN2O3. The number of hydrogen-bond acceptors (Lipinski definition) is 3. The average molecular weight is 280 g/mol. The van der Waals surface area contributed by atoms with Crippen LogP contribution in [0.5, 0.6) is 0 Å². The average Bonchev–Trinajstić information content (AvgIpc) is 2.88. The summed E-state index contributed by atoms with van der Waals surface area (Å²) >= 11 is 0. The van der Waals surface area contributed by atoms with Crippen LogP contribution in [0.2, 0.25) is 0 Å². The summed E-state index contributed by atoms with van der Waals surface area (Å²) in [5, 5.41) is 10.7. The molecule has 20 heavy (non-hydrogen) atoms. The van der Waals surface area contributed by atoms with Gasteiger partial charge in [0.05, 0.1) is 10.5 Å². The summed E-state index contributed by atoms with van der Waals surface area (Å²) in [6.07, 6.45) is 0.889. The molecule has 6 heteroatoms. The lowest BCUT2D eigenvalue weighted by Gasteiger charge is -2.18. The minimum atomic E-state index is -0.714. The van der Waals surface area contributed by atoms with Crippen molar-refractivity contribution in [2.45, 2.75) is 20.3 Å². The molecule has 5 nitrogen and oxygen atoms in total. The highest BCUT2D eigenvalue weighted by molar-refractivity contribution is 5.95. The van der Waals surface area contributed by atoms with Gasteiger partial charge in [0.1, 0.15) is 5.82 Å². The van der Waals surface area contributed by atoms with E-state index < -0.39 is 16.6 Å². The number of amides is 1. The molecule has 0 spiro atoms. The van der Waals surface area contributed by atoms with Crippen molar-refractivity contribution < 1.29 is 14.1 Å². The van der Waals surface area contributed by atoms with Crippen LogP contribution in [-0.2, 0) is 0 Å². The van der Waals surface area contributed by atoms with Crippen molar-refractivity contribution in [2.24, 2.45) is 11.8 Å². The second kappa shape index (κ2) is 5.56. The molecule has 1 atom stereocenters. The predicted octanol–water partition coefficient (Wildman–Crippen LogP) is 2.85. The Balaban J connectivity index is 2.21. The molecular weight excluding hydrogens is 263 g/mol. The van der Waals surface area contributed by atoms with Gasteiger partial charge in [0.15, 0.2) is 0 Å². The maximum absolute atomic E-state index is 13.7. The second-order valence-corrected chi connectivity index (χ2v) is 5.47. The molecule has 1 amide bonds. The summed E-state index contributed by atoms with van der Waals surface area (Å²) in [6, 6.07) is 3.05. The van der Waals surface area contributed by atoms with E-state index in [9.17, 15) is 19.3 Å². The van der Waals surface area contributed by atoms with Crippen LogP contribution in [-0.4, -0.2) is 28.8 Å². The minimum Gasteiger partial charge on any atom is -0.338 e. The first-order chi connectivity index (χ1) is 9.40. The van der Waals surface area contributed by atoms with Crippen molar-refractivity contribution in [3.05, 3.63) is 39.7 Å². The first-order valence-electron chi connectivity index (χ1n) is 6.63. The van der Waals surface area contributed by atoms with Gasteiger partial charge in [-0.15, -0.1) is 0 Å². The summed E-state index contributed by atoms with van der Waals surface area (Å²) in [6.45, 7) is 5.33. The molecule has 0 aliphatic carbocycles. The molecule has 0 radical (unpaired) electrons. The van der Waals surface area contributed by atoms with E-state index in [2.05, 4.69) is 13.8 Å². The van der Waals surface area contributed by atoms with Crippen LogP contribution in [0.3, 0.4) is 0 Å². The van der Waals surface area contributed by atoms with Gasteiger partial charge < -0.3 is 4.90 Å². The van der Waals surface area contributed by atoms with Crippen molar-refractivity contribution in [1.29, 1.82) is 0 Å². The van der Waals surface area contributed by atoms with E-state index in [0.29, 0.717) is 24.9 Å². The number of benzene rings is 1. The van der Waals surface area contributed by atoms with Gasteiger partial charge in [-0.1, -0.05) is 13.8 Å². The van der Waals surface area contributed by atoms with Gasteiger partial charge in [-0.05, 0) is 24.3 Å². The molecule has 1 saturated heterocycles. The number of nitrogens with zero attached hydrogens (tertiary/aromatic N) is 2. The minimum absolute atomic E-state index is 0.219. The fourth-order valence-corrected chi connectivity index (χ4v) is 2.48. The third-order valence-corrected chi connectivity index (χ3v) is 3.85. The number of hydrogen-bond donors (Lipinski definition) is 0. The summed E-state index contributed by atoms with van der Waals surface area (Å²) < 4.78 is 13.7. The van der Waals surface area contributed by atoms with Crippen molar-refractivity contribution in [3.63, 3.8) is 0 Å². The lowest BCUT2D eigenvalue weighted by molar-refractivity contribution is -0.384. The molecule has 1 aromatic carbocycles. The first-order valence-corrected chi connectivity index (χ1v) is 6.63. The molecule has 108 valence electrons. The Hall–Kier alpha value is -1.98. The molecule has 2 rings (SSSR count). The van der Waals surface area contributed by atoms with Gasteiger partial charge in [0.2, 0.25) is 0 Å². The molecule has 1 unspecified atom stereocenters. The number of rotatable bonds is 3. The van der Waals surface area contributed by atoms with E-state index in [1.165, 1.54) is 0 Å². The largest absolute Gasteiger partial charge is 0.338 e. The van der Waals surface area contributed by atoms with Crippen molar-refractivity contribution >= 4 is 11.6 Å². The van der Waals surface area contributed by atoms with E-state index in [1.807, 2.05) is 0 Å². The molecule has 1 aromatic rings. The molecule has 1 aliphatic rings. The number of halogens is 1. The third kappa shape index (κ3) is 2.79. The lowest BCUT2D eigenvalue weighted by Crippen LogP contribution is -2.30. The number of nitro benzene ring substituents is 1. The van der Waals surface area contributed by atoms with Gasteiger partial charge in [0.25, 0.3) is 11.6 Å². The van der Waals surface area contributed by atoms with Crippen LogP contribution in [0.1, 0.15) is 30.6 Å². The van der Waals surface area contributed by atoms with Crippen molar-refractivity contribution in [2.75, 3.05) is 13.1 Å². The molecule has 0 saturated carbocycles. The van der Waals surface area contributed by atoms with E-state index >= 15 is 0 Å². The number of likely N-dealkylation sites (tertiary alicyclic amines) is 1. The quantitative estimate of drug-likeness (QED) is 0.631. The van der Waals surface area contributed by atoms with Crippen LogP contribution in [0.15, 0.2) is 18.2 Å². The maximum atomic E-state index is 13.7. The standard InChI is InChI=1S/C14H17FN2O3/c1-9(2)10-5-6-16(8-10)14(18)12-7-11(17(19)20)3-4-13(12)15/h3-4,7,9-10H,5-6,8H2,1-2H3. The molecule has 1 fully saturated rings. The van der Waals surface area contributed by atoms with Crippen molar-refractivity contribution in [1.82, 2.24) is 4.90 Å². The van der Waals surface area contributed by atoms with Crippen LogP contribution >= 0.6 is 0 Å². The van der Waals surface area contributed by atoms with E-state index in [4.69, 9.17) is 0 Å². The summed E-state index contributed by atoms with van der Waals surface area (Å²) in [7, 11) is 0. The maximum Gasteiger partial charge on any atom is 0.270 e. The second-order valence-electron chi connectivity index (χ2n) is 5.47. The SMILES string of the molecule is CC(C)C1CCN(C(=O)c2cc([N+](=O)[O-])ccc2F)C1. The van der Waals surface area contributed by atoms with Gasteiger partial charge in [-0.3, -0.25) is 14.9 Å². The summed E-state index contributed by atoms with van der Waals surface area (Å²) in [4.78, 5) is 23.9. The zero-order chi connectivity index (χ0) is 14.9. The van der Waals surface area contributed by atoms with Crippen molar-refractivity contribution in [3.8, 4) is 0 Å². The van der Waals surface area contributed by atoms with Gasteiger partial charge in [-0.2, -0.15) is 0 Å². The smallest absolute Gasteiger partial charge is 0.270 e. The Bertz CT molecular complexity index is 545. The van der Waals surface area contributed by atoms with Gasteiger partial charge in [-0.25, -0.2) is 4.39 Å². The van der Waals surface area contributed by atoms with Crippen LogP contribution < -0.4 is 0 Å². The van der Waals surface area contributed by atoms with E-state index in [1.54, 1.807) is 4.90 Å². The Morgan fingerprint density at radius 2 is 2.20 bits per heavy atom. The summed E-state index contributed by atoms with van der Waals surface area (Å²) in [5.74, 6) is -0.314. The fraction of sp³-hybridized carbons (Fsp3) is 0.500. The number of non-ortho nitro benzene ring substituents is 1. The highest BCUT2D eigenvalue weighted by atomic mass is 19.1. The van der Waals surface area contributed by atoms with Gasteiger partial charge in [0, 0.05) is 25.2 Å². The fourth-order valence-electron chi connectivity index (χ4n) is 2.48. The highest BCUT2D eigenvalue weighted by Crippen LogP contribution is 2.26. The normalized spacial score (nSPS) is 18.6. The monoisotopic (exact) mass is 280 g/mol. The topological polar surface area (TPSA) is 63.5 Å². The number of carbonyl (C=O) groups is 1.